The van der Waals surface area contributed by atoms with Gasteiger partial charge in [0, 0.05) is 25.3 Å². The number of halogens is 2. The fourth-order valence-electron chi connectivity index (χ4n) is 2.49. The maximum atomic E-state index is 11.9. The van der Waals surface area contributed by atoms with Gasteiger partial charge in [0.1, 0.15) is 0 Å². The number of nitrogens with one attached hydrogen (secondary N) is 1. The van der Waals surface area contributed by atoms with Crippen LogP contribution < -0.4 is 16.0 Å². The van der Waals surface area contributed by atoms with E-state index in [-0.39, 0.29) is 30.7 Å². The van der Waals surface area contributed by atoms with Crippen molar-refractivity contribution < 1.29 is 9.53 Å². The lowest BCUT2D eigenvalue weighted by atomic mass is 10.1. The summed E-state index contributed by atoms with van der Waals surface area (Å²) in [5, 5.41) is 2.96. The molecule has 1 saturated heterocycles. The maximum Gasteiger partial charge on any atom is 0.240 e. The van der Waals surface area contributed by atoms with Crippen LogP contribution in [-0.4, -0.2) is 37.7 Å². The standard InChI is InChI=1S/C15H21N3O2.2ClH/c16-15(5-6-15)14(19)17-11-12-3-1-2-4-13(12)18-7-9-20-10-8-18;;/h1-4H,5-11,16H2,(H,17,19);2*1H. The Morgan fingerprint density at radius 2 is 1.86 bits per heavy atom. The van der Waals surface area contributed by atoms with Gasteiger partial charge >= 0.3 is 0 Å². The summed E-state index contributed by atoms with van der Waals surface area (Å²) in [6.07, 6.45) is 1.59. The Balaban J connectivity index is 0.00000121. The molecule has 0 aromatic heterocycles. The number of nitrogens with two attached hydrogens (primary N) is 1. The van der Waals surface area contributed by atoms with Crippen LogP contribution in [0.4, 0.5) is 5.69 Å². The second-order valence-electron chi connectivity index (χ2n) is 5.57. The summed E-state index contributed by atoms with van der Waals surface area (Å²) in [6, 6.07) is 8.19. The monoisotopic (exact) mass is 347 g/mol. The zero-order valence-electron chi connectivity index (χ0n) is 12.4. The summed E-state index contributed by atoms with van der Waals surface area (Å²) in [5.41, 5.74) is 7.60. The minimum absolute atomic E-state index is 0. The molecule has 124 valence electrons. The Hall–Kier alpha value is -1.01. The van der Waals surface area contributed by atoms with Crippen molar-refractivity contribution in [3.05, 3.63) is 29.8 Å². The van der Waals surface area contributed by atoms with E-state index in [1.807, 2.05) is 12.1 Å². The molecule has 22 heavy (non-hydrogen) atoms. The van der Waals surface area contributed by atoms with Crippen LogP contribution in [0.15, 0.2) is 24.3 Å². The molecule has 1 aliphatic heterocycles. The van der Waals surface area contributed by atoms with Crippen molar-refractivity contribution in [1.82, 2.24) is 5.32 Å². The van der Waals surface area contributed by atoms with Crippen molar-refractivity contribution in [2.45, 2.75) is 24.9 Å². The topological polar surface area (TPSA) is 67.6 Å². The third-order valence-electron chi connectivity index (χ3n) is 4.02. The van der Waals surface area contributed by atoms with Gasteiger partial charge in [-0.1, -0.05) is 18.2 Å². The van der Waals surface area contributed by atoms with Crippen LogP contribution in [-0.2, 0) is 16.1 Å². The molecule has 5 nitrogen and oxygen atoms in total. The number of rotatable bonds is 4. The van der Waals surface area contributed by atoms with E-state index in [2.05, 4.69) is 22.3 Å². The lowest BCUT2D eigenvalue weighted by Gasteiger charge is -2.30. The number of carbonyl (C=O) groups excluding carboxylic acids is 1. The van der Waals surface area contributed by atoms with E-state index in [0.717, 1.165) is 44.7 Å². The number of nitrogens with zero attached hydrogens (tertiary/aromatic N) is 1. The third-order valence-corrected chi connectivity index (χ3v) is 4.02. The normalized spacial score (nSPS) is 18.7. The first-order valence-electron chi connectivity index (χ1n) is 7.17. The molecule has 0 atom stereocenters. The van der Waals surface area contributed by atoms with E-state index >= 15 is 0 Å². The predicted octanol–water partition coefficient (Wildman–Crippen LogP) is 1.47. The number of amides is 1. The Bertz CT molecular complexity index is 503. The smallest absolute Gasteiger partial charge is 0.240 e. The highest BCUT2D eigenvalue weighted by molar-refractivity contribution is 5.89. The fourth-order valence-corrected chi connectivity index (χ4v) is 2.49. The molecule has 0 spiro atoms. The average molecular weight is 348 g/mol. The van der Waals surface area contributed by atoms with Crippen LogP contribution in [0.2, 0.25) is 0 Å². The van der Waals surface area contributed by atoms with Crippen LogP contribution in [0.1, 0.15) is 18.4 Å². The van der Waals surface area contributed by atoms with Gasteiger partial charge in [-0.2, -0.15) is 0 Å². The second kappa shape index (κ2) is 8.02. The van der Waals surface area contributed by atoms with Gasteiger partial charge in [-0.05, 0) is 24.5 Å². The first-order valence-corrected chi connectivity index (χ1v) is 7.17. The van der Waals surface area contributed by atoms with Gasteiger partial charge in [-0.3, -0.25) is 4.79 Å². The maximum absolute atomic E-state index is 11.9. The molecule has 1 aromatic carbocycles. The van der Waals surface area contributed by atoms with Gasteiger partial charge in [0.05, 0.1) is 18.8 Å². The molecule has 2 fully saturated rings. The lowest BCUT2D eigenvalue weighted by molar-refractivity contribution is -0.123. The van der Waals surface area contributed by atoms with Crippen molar-refractivity contribution >= 4 is 36.4 Å². The van der Waals surface area contributed by atoms with Gasteiger partial charge < -0.3 is 20.7 Å². The van der Waals surface area contributed by atoms with Crippen LogP contribution in [0.5, 0.6) is 0 Å². The van der Waals surface area contributed by atoms with Crippen LogP contribution in [0, 0.1) is 0 Å². The van der Waals surface area contributed by atoms with E-state index in [0.29, 0.717) is 6.54 Å². The molecule has 1 saturated carbocycles. The number of morpholine rings is 1. The molecule has 1 aromatic rings. The molecule has 3 N–H and O–H groups in total. The number of benzene rings is 1. The predicted molar refractivity (Wildman–Crippen MR) is 92.0 cm³/mol. The van der Waals surface area contributed by atoms with Gasteiger partial charge in [-0.15, -0.1) is 24.8 Å². The molecule has 2 aliphatic rings. The quantitative estimate of drug-likeness (QED) is 0.865. The van der Waals surface area contributed by atoms with E-state index in [9.17, 15) is 4.79 Å². The summed E-state index contributed by atoms with van der Waals surface area (Å²) < 4.78 is 5.38. The van der Waals surface area contributed by atoms with Gasteiger partial charge in [0.2, 0.25) is 5.91 Å². The second-order valence-corrected chi connectivity index (χ2v) is 5.57. The van der Waals surface area contributed by atoms with Crippen molar-refractivity contribution in [2.75, 3.05) is 31.2 Å². The summed E-state index contributed by atoms with van der Waals surface area (Å²) in [5.74, 6) is -0.0331. The first-order chi connectivity index (χ1) is 9.69. The molecule has 1 aliphatic carbocycles. The Morgan fingerprint density at radius 3 is 2.50 bits per heavy atom. The molecule has 0 unspecified atom stereocenters. The number of para-hydroxylation sites is 1. The lowest BCUT2D eigenvalue weighted by Crippen LogP contribution is -2.42. The first kappa shape index (κ1) is 19.0. The van der Waals surface area contributed by atoms with E-state index in [4.69, 9.17) is 10.5 Å². The van der Waals surface area contributed by atoms with Crippen LogP contribution in [0.25, 0.3) is 0 Å². The van der Waals surface area contributed by atoms with Crippen molar-refractivity contribution in [3.8, 4) is 0 Å². The molecule has 1 heterocycles. The molecule has 0 radical (unpaired) electrons. The third kappa shape index (κ3) is 4.26. The van der Waals surface area contributed by atoms with Gasteiger partial charge in [-0.25, -0.2) is 0 Å². The van der Waals surface area contributed by atoms with Crippen LogP contribution in [0.3, 0.4) is 0 Å². The molecular weight excluding hydrogens is 325 g/mol. The molecule has 0 bridgehead atoms. The van der Waals surface area contributed by atoms with Crippen LogP contribution >= 0.6 is 24.8 Å². The number of anilines is 1. The summed E-state index contributed by atoms with van der Waals surface area (Å²) in [7, 11) is 0. The SMILES string of the molecule is Cl.Cl.NC1(C(=O)NCc2ccccc2N2CCOCC2)CC1. The molecule has 3 rings (SSSR count). The van der Waals surface area contributed by atoms with Crippen molar-refractivity contribution in [3.63, 3.8) is 0 Å². The zero-order chi connectivity index (χ0) is 14.0. The van der Waals surface area contributed by atoms with Gasteiger partial charge in [0.25, 0.3) is 0 Å². The minimum Gasteiger partial charge on any atom is -0.378 e. The van der Waals surface area contributed by atoms with Crippen molar-refractivity contribution in [2.24, 2.45) is 5.73 Å². The fraction of sp³-hybridized carbons (Fsp3) is 0.533. The summed E-state index contributed by atoms with van der Waals surface area (Å²) in [4.78, 5) is 14.2. The van der Waals surface area contributed by atoms with E-state index < -0.39 is 5.54 Å². The Morgan fingerprint density at radius 1 is 1.23 bits per heavy atom. The highest BCUT2D eigenvalue weighted by Crippen LogP contribution is 2.32. The number of hydrogen-bond acceptors (Lipinski definition) is 4. The number of hydrogen-bond donors (Lipinski definition) is 2. The molecule has 7 heteroatoms. The zero-order valence-corrected chi connectivity index (χ0v) is 14.0. The average Bonchev–Trinajstić information content (AvgIpc) is 3.25. The highest BCUT2D eigenvalue weighted by atomic mass is 35.5. The number of carbonyl (C=O) groups is 1. The Kier molecular flexibility index (Phi) is 6.94. The Labute approximate surface area is 143 Å². The number of ether oxygens (including phenoxy) is 1. The summed E-state index contributed by atoms with van der Waals surface area (Å²) >= 11 is 0. The van der Waals surface area contributed by atoms with Gasteiger partial charge in [0.15, 0.2) is 0 Å². The molecular formula is C15H23Cl2N3O2. The molecule has 1 amide bonds. The van der Waals surface area contributed by atoms with E-state index in [1.165, 1.54) is 5.69 Å². The highest BCUT2D eigenvalue weighted by Gasteiger charge is 2.45. The minimum atomic E-state index is -0.603. The largest absolute Gasteiger partial charge is 0.378 e. The van der Waals surface area contributed by atoms with E-state index in [1.54, 1.807) is 0 Å². The summed E-state index contributed by atoms with van der Waals surface area (Å²) in [6.45, 7) is 3.84. The van der Waals surface area contributed by atoms with Crippen molar-refractivity contribution in [1.29, 1.82) is 0 Å².